The lowest BCUT2D eigenvalue weighted by Gasteiger charge is -2.14. The molecule has 1 fully saturated rings. The van der Waals surface area contributed by atoms with Crippen molar-refractivity contribution in [3.63, 3.8) is 0 Å². The van der Waals surface area contributed by atoms with Crippen LogP contribution in [-0.4, -0.2) is 35.8 Å². The van der Waals surface area contributed by atoms with Crippen molar-refractivity contribution in [1.29, 1.82) is 0 Å². The van der Waals surface area contributed by atoms with Crippen molar-refractivity contribution in [2.45, 2.75) is 25.4 Å². The molecule has 5 heteroatoms. The smallest absolute Gasteiger partial charge is 0.252 e. The normalized spacial score (nSPS) is 22.8. The van der Waals surface area contributed by atoms with Crippen LogP contribution in [0.5, 0.6) is 5.88 Å². The van der Waals surface area contributed by atoms with E-state index in [1.807, 2.05) is 0 Å². The monoisotopic (exact) mass is 250 g/mol. The average molecular weight is 250 g/mol. The van der Waals surface area contributed by atoms with Crippen molar-refractivity contribution in [2.24, 2.45) is 5.92 Å². The largest absolute Gasteiger partial charge is 0.481 e. The first-order valence-electron chi connectivity index (χ1n) is 6.17. The molecule has 1 heterocycles. The number of amides is 1. The van der Waals surface area contributed by atoms with Crippen LogP contribution in [0, 0.1) is 5.92 Å². The highest BCUT2D eigenvalue weighted by molar-refractivity contribution is 5.93. The highest BCUT2D eigenvalue weighted by atomic mass is 16.5. The van der Waals surface area contributed by atoms with Crippen molar-refractivity contribution in [3.8, 4) is 5.88 Å². The fourth-order valence-electron chi connectivity index (χ4n) is 2.22. The van der Waals surface area contributed by atoms with E-state index in [-0.39, 0.29) is 17.9 Å². The summed E-state index contributed by atoms with van der Waals surface area (Å²) in [4.78, 5) is 15.8. The van der Waals surface area contributed by atoms with Crippen LogP contribution in [0.15, 0.2) is 18.3 Å². The molecular formula is C13H18N2O3. The van der Waals surface area contributed by atoms with Crippen LogP contribution in [0.3, 0.4) is 0 Å². The van der Waals surface area contributed by atoms with E-state index in [2.05, 4.69) is 10.3 Å². The minimum absolute atomic E-state index is 0.163. The summed E-state index contributed by atoms with van der Waals surface area (Å²) in [5.74, 6) is 0.502. The van der Waals surface area contributed by atoms with Gasteiger partial charge < -0.3 is 15.2 Å². The molecule has 0 saturated heterocycles. The minimum Gasteiger partial charge on any atom is -0.481 e. The summed E-state index contributed by atoms with van der Waals surface area (Å²) in [5.41, 5.74) is 0.503. The quantitative estimate of drug-likeness (QED) is 0.835. The number of nitrogens with one attached hydrogen (secondary N) is 1. The Balaban J connectivity index is 1.87. The van der Waals surface area contributed by atoms with Crippen molar-refractivity contribution in [2.75, 3.05) is 13.7 Å². The van der Waals surface area contributed by atoms with E-state index in [1.165, 1.54) is 13.3 Å². The predicted octanol–water partition coefficient (Wildman–Crippen LogP) is 0.981. The maximum atomic E-state index is 11.8. The molecule has 18 heavy (non-hydrogen) atoms. The molecule has 2 N–H and O–H groups in total. The van der Waals surface area contributed by atoms with Gasteiger partial charge in [0.25, 0.3) is 5.91 Å². The summed E-state index contributed by atoms with van der Waals surface area (Å²) in [5, 5.41) is 12.5. The van der Waals surface area contributed by atoms with Gasteiger partial charge in [0.15, 0.2) is 0 Å². The third kappa shape index (κ3) is 2.98. The van der Waals surface area contributed by atoms with Gasteiger partial charge in [-0.25, -0.2) is 4.98 Å². The van der Waals surface area contributed by atoms with Crippen LogP contribution < -0.4 is 10.1 Å². The zero-order valence-electron chi connectivity index (χ0n) is 10.4. The number of hydrogen-bond donors (Lipinski definition) is 2. The second kappa shape index (κ2) is 5.82. The summed E-state index contributed by atoms with van der Waals surface area (Å²) in [6.07, 6.45) is 4.05. The van der Waals surface area contributed by atoms with Gasteiger partial charge in [-0.1, -0.05) is 6.42 Å². The van der Waals surface area contributed by atoms with Crippen molar-refractivity contribution >= 4 is 5.91 Å². The van der Waals surface area contributed by atoms with Crippen molar-refractivity contribution in [1.82, 2.24) is 10.3 Å². The fraction of sp³-hybridized carbons (Fsp3) is 0.538. The molecule has 0 aromatic carbocycles. The summed E-state index contributed by atoms with van der Waals surface area (Å²) < 4.78 is 4.93. The van der Waals surface area contributed by atoms with Gasteiger partial charge >= 0.3 is 0 Å². The Kier molecular flexibility index (Phi) is 4.15. The zero-order chi connectivity index (χ0) is 13.0. The molecule has 1 aromatic rings. The summed E-state index contributed by atoms with van der Waals surface area (Å²) in [6, 6.07) is 3.32. The molecule has 5 nitrogen and oxygen atoms in total. The first-order valence-corrected chi connectivity index (χ1v) is 6.17. The lowest BCUT2D eigenvalue weighted by atomic mass is 10.1. The van der Waals surface area contributed by atoms with Crippen LogP contribution >= 0.6 is 0 Å². The van der Waals surface area contributed by atoms with Gasteiger partial charge in [-0.15, -0.1) is 0 Å². The molecule has 1 amide bonds. The molecule has 1 saturated carbocycles. The fourth-order valence-corrected chi connectivity index (χ4v) is 2.22. The highest BCUT2D eigenvalue weighted by Crippen LogP contribution is 2.24. The number of carbonyl (C=O) groups excluding carboxylic acids is 1. The van der Waals surface area contributed by atoms with Gasteiger partial charge in [-0.2, -0.15) is 0 Å². The van der Waals surface area contributed by atoms with Gasteiger partial charge in [0.1, 0.15) is 0 Å². The molecule has 1 aliphatic carbocycles. The SMILES string of the molecule is COc1ccc(C(=O)NCC2CCCC2O)cn1. The number of aliphatic hydroxyl groups is 1. The number of aromatic nitrogens is 1. The number of methoxy groups -OCH3 is 1. The molecule has 1 aromatic heterocycles. The number of pyridine rings is 1. The summed E-state index contributed by atoms with van der Waals surface area (Å²) in [6.45, 7) is 0.520. The number of hydrogen-bond acceptors (Lipinski definition) is 4. The minimum atomic E-state index is -0.278. The third-order valence-corrected chi connectivity index (χ3v) is 3.35. The van der Waals surface area contributed by atoms with Gasteiger partial charge in [0, 0.05) is 24.7 Å². The van der Waals surface area contributed by atoms with Gasteiger partial charge in [0.2, 0.25) is 5.88 Å². The van der Waals surface area contributed by atoms with E-state index < -0.39 is 0 Å². The van der Waals surface area contributed by atoms with Crippen molar-refractivity contribution < 1.29 is 14.6 Å². The van der Waals surface area contributed by atoms with Crippen LogP contribution in [-0.2, 0) is 0 Å². The summed E-state index contributed by atoms with van der Waals surface area (Å²) in [7, 11) is 1.53. The lowest BCUT2D eigenvalue weighted by Crippen LogP contribution is -2.32. The number of carbonyl (C=O) groups is 1. The maximum Gasteiger partial charge on any atom is 0.252 e. The van der Waals surface area contributed by atoms with Crippen LogP contribution in [0.1, 0.15) is 29.6 Å². The second-order valence-electron chi connectivity index (χ2n) is 4.56. The Bertz CT molecular complexity index is 405. The topological polar surface area (TPSA) is 71.5 Å². The van der Waals surface area contributed by atoms with Crippen molar-refractivity contribution in [3.05, 3.63) is 23.9 Å². The Morgan fingerprint density at radius 2 is 2.39 bits per heavy atom. The van der Waals surface area contributed by atoms with Crippen LogP contribution in [0.2, 0.25) is 0 Å². The molecule has 0 radical (unpaired) electrons. The zero-order valence-corrected chi connectivity index (χ0v) is 10.4. The predicted molar refractivity (Wildman–Crippen MR) is 66.5 cm³/mol. The van der Waals surface area contributed by atoms with E-state index in [1.54, 1.807) is 12.1 Å². The van der Waals surface area contributed by atoms with E-state index in [9.17, 15) is 9.90 Å². The number of ether oxygens (including phenoxy) is 1. The molecule has 2 rings (SSSR count). The van der Waals surface area contributed by atoms with Crippen LogP contribution in [0.4, 0.5) is 0 Å². The lowest BCUT2D eigenvalue weighted by molar-refractivity contribution is 0.0916. The molecular weight excluding hydrogens is 232 g/mol. The van der Waals surface area contributed by atoms with Crippen LogP contribution in [0.25, 0.3) is 0 Å². The first kappa shape index (κ1) is 12.8. The molecule has 0 spiro atoms. The van der Waals surface area contributed by atoms with Gasteiger partial charge in [-0.05, 0) is 18.9 Å². The Morgan fingerprint density at radius 1 is 1.56 bits per heavy atom. The summed E-state index contributed by atoms with van der Waals surface area (Å²) >= 11 is 0. The molecule has 0 bridgehead atoms. The van der Waals surface area contributed by atoms with Gasteiger partial charge in [-0.3, -0.25) is 4.79 Å². The van der Waals surface area contributed by atoms with Gasteiger partial charge in [0.05, 0.1) is 18.8 Å². The highest BCUT2D eigenvalue weighted by Gasteiger charge is 2.25. The van der Waals surface area contributed by atoms with E-state index in [0.717, 1.165) is 19.3 Å². The maximum absolute atomic E-state index is 11.8. The molecule has 98 valence electrons. The number of rotatable bonds is 4. The molecule has 0 aliphatic heterocycles. The number of aliphatic hydroxyl groups excluding tert-OH is 1. The third-order valence-electron chi connectivity index (χ3n) is 3.35. The van der Waals surface area contributed by atoms with E-state index >= 15 is 0 Å². The molecule has 1 aliphatic rings. The first-order chi connectivity index (χ1) is 8.70. The molecule has 2 unspecified atom stereocenters. The standard InChI is InChI=1S/C13H18N2O3/c1-18-12-6-5-10(8-14-12)13(17)15-7-9-3-2-4-11(9)16/h5-6,8-9,11,16H,2-4,7H2,1H3,(H,15,17). The average Bonchev–Trinajstić information content (AvgIpc) is 2.81. The Morgan fingerprint density at radius 3 is 2.94 bits per heavy atom. The Hall–Kier alpha value is -1.62. The Labute approximate surface area is 106 Å². The van der Waals surface area contributed by atoms with E-state index in [4.69, 9.17) is 4.74 Å². The number of nitrogens with zero attached hydrogens (tertiary/aromatic N) is 1. The molecule has 2 atom stereocenters. The van der Waals surface area contributed by atoms with E-state index in [0.29, 0.717) is 18.0 Å². The second-order valence-corrected chi connectivity index (χ2v) is 4.56.